The molecule has 0 unspecified atom stereocenters. The third-order valence-corrected chi connectivity index (χ3v) is 9.01. The van der Waals surface area contributed by atoms with E-state index in [0.717, 1.165) is 15.4 Å². The summed E-state index contributed by atoms with van der Waals surface area (Å²) < 4.78 is 42.9. The molecule has 0 saturated heterocycles. The monoisotopic (exact) mass is 587 g/mol. The van der Waals surface area contributed by atoms with Gasteiger partial charge in [0, 0.05) is 20.0 Å². The molecule has 2 amide bonds. The number of aryl methyl sites for hydroxylation is 1. The van der Waals surface area contributed by atoms with Gasteiger partial charge in [0.1, 0.15) is 18.4 Å². The van der Waals surface area contributed by atoms with Gasteiger partial charge in [-0.1, -0.05) is 72.8 Å². The van der Waals surface area contributed by atoms with Crippen LogP contribution in [0.5, 0.6) is 0 Å². The first kappa shape index (κ1) is 30.5. The summed E-state index contributed by atoms with van der Waals surface area (Å²) in [6.07, 6.45) is 0.197. The molecule has 0 saturated carbocycles. The summed E-state index contributed by atoms with van der Waals surface area (Å²) in [6.45, 7) is 3.10. The van der Waals surface area contributed by atoms with Crippen LogP contribution in [0.3, 0.4) is 0 Å². The van der Waals surface area contributed by atoms with Crippen molar-refractivity contribution in [3.05, 3.63) is 131 Å². The molecule has 4 aromatic rings. The fourth-order valence-corrected chi connectivity index (χ4v) is 6.24. The van der Waals surface area contributed by atoms with Gasteiger partial charge in [-0.3, -0.25) is 13.9 Å². The summed E-state index contributed by atoms with van der Waals surface area (Å²) in [5.74, 6) is -1.42. The number of sulfonamides is 1. The van der Waals surface area contributed by atoms with Crippen LogP contribution in [-0.2, 0) is 32.6 Å². The maximum atomic E-state index is 14.3. The normalized spacial score (nSPS) is 11.9. The summed E-state index contributed by atoms with van der Waals surface area (Å²) in [5, 5.41) is 2.65. The zero-order valence-corrected chi connectivity index (χ0v) is 24.6. The predicted molar refractivity (Wildman–Crippen MR) is 162 cm³/mol. The van der Waals surface area contributed by atoms with Crippen LogP contribution in [-0.4, -0.2) is 44.8 Å². The molecule has 0 bridgehead atoms. The first-order chi connectivity index (χ1) is 20.1. The topological polar surface area (TPSA) is 86.8 Å². The third-order valence-electron chi connectivity index (χ3n) is 7.24. The summed E-state index contributed by atoms with van der Waals surface area (Å²) in [4.78, 5) is 29.0. The molecule has 0 heterocycles. The van der Waals surface area contributed by atoms with Gasteiger partial charge in [-0.25, -0.2) is 12.8 Å². The van der Waals surface area contributed by atoms with Crippen molar-refractivity contribution >= 4 is 27.5 Å². The fourth-order valence-electron chi connectivity index (χ4n) is 4.75. The molecule has 4 aromatic carbocycles. The van der Waals surface area contributed by atoms with Crippen LogP contribution >= 0.6 is 0 Å². The highest BCUT2D eigenvalue weighted by atomic mass is 32.2. The van der Waals surface area contributed by atoms with E-state index in [2.05, 4.69) is 5.32 Å². The number of nitrogens with one attached hydrogen (secondary N) is 1. The van der Waals surface area contributed by atoms with Crippen LogP contribution in [0.25, 0.3) is 0 Å². The Kier molecular flexibility index (Phi) is 9.75. The van der Waals surface area contributed by atoms with E-state index < -0.39 is 40.2 Å². The zero-order chi connectivity index (χ0) is 30.3. The largest absolute Gasteiger partial charge is 0.357 e. The van der Waals surface area contributed by atoms with E-state index in [0.29, 0.717) is 16.8 Å². The van der Waals surface area contributed by atoms with Gasteiger partial charge in [0.25, 0.3) is 10.0 Å². The molecule has 1 atom stereocenters. The van der Waals surface area contributed by atoms with Gasteiger partial charge < -0.3 is 10.2 Å². The molecule has 1 N–H and O–H groups in total. The third kappa shape index (κ3) is 7.03. The van der Waals surface area contributed by atoms with E-state index in [4.69, 9.17) is 0 Å². The van der Waals surface area contributed by atoms with Crippen molar-refractivity contribution < 1.29 is 22.4 Å². The van der Waals surface area contributed by atoms with E-state index in [1.165, 1.54) is 36.2 Å². The molecule has 218 valence electrons. The molecule has 0 aliphatic rings. The minimum Gasteiger partial charge on any atom is -0.357 e. The van der Waals surface area contributed by atoms with Gasteiger partial charge in [0.15, 0.2) is 0 Å². The minimum absolute atomic E-state index is 0.0317. The highest BCUT2D eigenvalue weighted by molar-refractivity contribution is 7.92. The van der Waals surface area contributed by atoms with E-state index in [1.54, 1.807) is 42.5 Å². The average Bonchev–Trinajstić information content (AvgIpc) is 3.00. The number of anilines is 1. The Hall–Kier alpha value is -4.50. The summed E-state index contributed by atoms with van der Waals surface area (Å²) in [5.41, 5.74) is 3.36. The Labute approximate surface area is 246 Å². The molecular weight excluding hydrogens is 553 g/mol. The van der Waals surface area contributed by atoms with Crippen molar-refractivity contribution in [1.82, 2.24) is 10.2 Å². The number of amides is 2. The number of carbonyl (C=O) groups excluding carboxylic acids is 2. The summed E-state index contributed by atoms with van der Waals surface area (Å²) in [7, 11) is -2.69. The van der Waals surface area contributed by atoms with Crippen molar-refractivity contribution in [3.8, 4) is 0 Å². The van der Waals surface area contributed by atoms with Crippen molar-refractivity contribution in [2.24, 2.45) is 0 Å². The number of nitrogens with zero attached hydrogens (tertiary/aromatic N) is 2. The average molecular weight is 588 g/mol. The molecule has 42 heavy (non-hydrogen) atoms. The number of benzene rings is 4. The van der Waals surface area contributed by atoms with Crippen molar-refractivity contribution in [2.45, 2.75) is 37.8 Å². The van der Waals surface area contributed by atoms with Crippen LogP contribution in [0.4, 0.5) is 10.1 Å². The predicted octanol–water partition coefficient (Wildman–Crippen LogP) is 5.02. The number of rotatable bonds is 11. The number of hydrogen-bond donors (Lipinski definition) is 1. The second-order valence-corrected chi connectivity index (χ2v) is 11.9. The van der Waals surface area contributed by atoms with Gasteiger partial charge in [0.05, 0.1) is 10.6 Å². The molecular formula is C33H34FN3O4S. The van der Waals surface area contributed by atoms with Gasteiger partial charge in [0.2, 0.25) is 11.8 Å². The molecule has 0 aromatic heterocycles. The lowest BCUT2D eigenvalue weighted by Crippen LogP contribution is -2.53. The van der Waals surface area contributed by atoms with Crippen molar-refractivity contribution in [3.63, 3.8) is 0 Å². The smallest absolute Gasteiger partial charge is 0.264 e. The molecule has 7 nitrogen and oxygen atoms in total. The van der Waals surface area contributed by atoms with Crippen molar-refractivity contribution in [2.75, 3.05) is 17.9 Å². The Morgan fingerprint density at radius 1 is 0.810 bits per heavy atom. The first-order valence-corrected chi connectivity index (χ1v) is 15.0. The maximum absolute atomic E-state index is 14.3. The Balaban J connectivity index is 1.81. The van der Waals surface area contributed by atoms with E-state index in [-0.39, 0.29) is 17.9 Å². The highest BCUT2D eigenvalue weighted by Crippen LogP contribution is 2.29. The van der Waals surface area contributed by atoms with E-state index in [1.807, 2.05) is 50.2 Å². The Bertz CT molecular complexity index is 1630. The second kappa shape index (κ2) is 13.4. The van der Waals surface area contributed by atoms with Crippen LogP contribution in [0, 0.1) is 19.7 Å². The first-order valence-electron chi connectivity index (χ1n) is 13.5. The maximum Gasteiger partial charge on any atom is 0.264 e. The highest BCUT2D eigenvalue weighted by Gasteiger charge is 2.34. The lowest BCUT2D eigenvalue weighted by Gasteiger charge is -2.34. The van der Waals surface area contributed by atoms with Gasteiger partial charge in [-0.05, 0) is 66.4 Å². The summed E-state index contributed by atoms with van der Waals surface area (Å²) in [6, 6.07) is 27.2. The zero-order valence-electron chi connectivity index (χ0n) is 23.8. The standard InChI is InChI=1S/C33H34FN3O4S/c1-24-11-10-16-30(25(24)2)37(42(40,41)29-14-8-5-9-15-29)23-32(38)36(22-27-17-19-28(34)20-18-27)31(33(39)35-3)21-26-12-6-4-7-13-26/h4-20,31H,21-23H2,1-3H3,(H,35,39)/t31-/m1/s1. The lowest BCUT2D eigenvalue weighted by molar-refractivity contribution is -0.139. The summed E-state index contributed by atoms with van der Waals surface area (Å²) >= 11 is 0. The number of halogens is 1. The Morgan fingerprint density at radius 2 is 1.43 bits per heavy atom. The van der Waals surface area contributed by atoms with Crippen LogP contribution < -0.4 is 9.62 Å². The van der Waals surface area contributed by atoms with Gasteiger partial charge in [-0.2, -0.15) is 0 Å². The Morgan fingerprint density at radius 3 is 2.05 bits per heavy atom. The molecule has 9 heteroatoms. The molecule has 0 radical (unpaired) electrons. The van der Waals surface area contributed by atoms with Gasteiger partial charge >= 0.3 is 0 Å². The van der Waals surface area contributed by atoms with E-state index in [9.17, 15) is 22.4 Å². The lowest BCUT2D eigenvalue weighted by atomic mass is 10.0. The number of likely N-dealkylation sites (N-methyl/N-ethyl adjacent to an activating group) is 1. The molecule has 0 aliphatic carbocycles. The van der Waals surface area contributed by atoms with Crippen LogP contribution in [0.2, 0.25) is 0 Å². The quantitative estimate of drug-likeness (QED) is 0.267. The SMILES string of the molecule is CNC(=O)[C@@H](Cc1ccccc1)N(Cc1ccc(F)cc1)C(=O)CN(c1cccc(C)c1C)S(=O)(=O)c1ccccc1. The second-order valence-electron chi connectivity index (χ2n) is 10.0. The molecule has 0 aliphatic heterocycles. The molecule has 0 fully saturated rings. The van der Waals surface area contributed by atoms with E-state index >= 15 is 0 Å². The number of carbonyl (C=O) groups is 2. The van der Waals surface area contributed by atoms with Gasteiger partial charge in [-0.15, -0.1) is 0 Å². The van der Waals surface area contributed by atoms with Crippen LogP contribution in [0.1, 0.15) is 22.3 Å². The molecule has 0 spiro atoms. The molecule has 4 rings (SSSR count). The number of hydrogen-bond acceptors (Lipinski definition) is 4. The van der Waals surface area contributed by atoms with Crippen molar-refractivity contribution in [1.29, 1.82) is 0 Å². The van der Waals surface area contributed by atoms with Crippen LogP contribution in [0.15, 0.2) is 108 Å². The minimum atomic E-state index is -4.18. The fraction of sp³-hybridized carbons (Fsp3) is 0.212.